The topological polar surface area (TPSA) is 32.8 Å². The summed E-state index contributed by atoms with van der Waals surface area (Å²) < 4.78 is 5.22. The zero-order chi connectivity index (χ0) is 12.4. The Bertz CT molecular complexity index is 267. The van der Waals surface area contributed by atoms with Gasteiger partial charge in [0, 0.05) is 32.2 Å². The van der Waals surface area contributed by atoms with Gasteiger partial charge in [0.15, 0.2) is 0 Å². The summed E-state index contributed by atoms with van der Waals surface area (Å²) in [5.41, 5.74) is 0. The number of hydrogen-bond acceptors (Lipinski definition) is 3. The van der Waals surface area contributed by atoms with E-state index in [-0.39, 0.29) is 5.92 Å². The van der Waals surface area contributed by atoms with E-state index >= 15 is 0 Å². The Hall–Kier alpha value is -0.610. The highest BCUT2D eigenvalue weighted by molar-refractivity contribution is 5.80. The van der Waals surface area contributed by atoms with Crippen molar-refractivity contribution < 1.29 is 9.53 Å². The summed E-state index contributed by atoms with van der Waals surface area (Å²) in [6.07, 6.45) is 4.38. The Kier molecular flexibility index (Phi) is 4.05. The minimum Gasteiger partial charge on any atom is -0.381 e. The first-order valence-electron chi connectivity index (χ1n) is 6.59. The van der Waals surface area contributed by atoms with E-state index in [1.165, 1.54) is 0 Å². The van der Waals surface area contributed by atoms with Crippen LogP contribution in [-0.2, 0) is 9.53 Å². The van der Waals surface area contributed by atoms with E-state index in [9.17, 15) is 4.79 Å². The lowest BCUT2D eigenvalue weighted by Gasteiger charge is -2.40. The normalized spacial score (nSPS) is 30.5. The van der Waals surface area contributed by atoms with Crippen LogP contribution in [0.1, 0.15) is 25.7 Å². The Balaban J connectivity index is 1.75. The first-order chi connectivity index (χ1) is 8.11. The lowest BCUT2D eigenvalue weighted by atomic mass is 9.81. The molecule has 0 aromatic heterocycles. The highest BCUT2D eigenvalue weighted by Gasteiger charge is 2.37. The van der Waals surface area contributed by atoms with Gasteiger partial charge in [0.05, 0.1) is 6.10 Å². The number of nitrogens with zero attached hydrogens (tertiary/aromatic N) is 2. The third-order valence-electron chi connectivity index (χ3n) is 4.28. The monoisotopic (exact) mass is 240 g/mol. The van der Waals surface area contributed by atoms with E-state index in [4.69, 9.17) is 4.74 Å². The third-order valence-corrected chi connectivity index (χ3v) is 4.28. The van der Waals surface area contributed by atoms with Crippen molar-refractivity contribution >= 4 is 5.91 Å². The van der Waals surface area contributed by atoms with Crippen molar-refractivity contribution in [2.24, 2.45) is 5.92 Å². The third kappa shape index (κ3) is 2.80. The maximum atomic E-state index is 12.2. The molecule has 0 bridgehead atoms. The average molecular weight is 240 g/mol. The van der Waals surface area contributed by atoms with E-state index in [0.717, 1.165) is 38.8 Å². The molecule has 0 radical (unpaired) electrons. The zero-order valence-corrected chi connectivity index (χ0v) is 11.2. The number of methoxy groups -OCH3 is 1. The fourth-order valence-electron chi connectivity index (χ4n) is 2.82. The first kappa shape index (κ1) is 12.8. The molecule has 2 aliphatic rings. The van der Waals surface area contributed by atoms with Gasteiger partial charge in [-0.05, 0) is 39.8 Å². The fraction of sp³-hybridized carbons (Fsp3) is 0.923. The molecule has 1 amide bonds. The van der Waals surface area contributed by atoms with Gasteiger partial charge in [-0.2, -0.15) is 0 Å². The minimum absolute atomic E-state index is 0.232. The van der Waals surface area contributed by atoms with Crippen LogP contribution in [0.3, 0.4) is 0 Å². The SMILES string of the molecule is COC1CC(C(=O)N2CCC(N(C)C)CC2)C1. The molecule has 0 unspecified atom stereocenters. The molecule has 4 heteroatoms. The van der Waals surface area contributed by atoms with Gasteiger partial charge in [-0.15, -0.1) is 0 Å². The van der Waals surface area contributed by atoms with Gasteiger partial charge in [0.1, 0.15) is 0 Å². The van der Waals surface area contributed by atoms with Crippen LogP contribution in [0.5, 0.6) is 0 Å². The molecule has 4 nitrogen and oxygen atoms in total. The number of carbonyl (C=O) groups excluding carboxylic acids is 1. The molecular formula is C13H24N2O2. The van der Waals surface area contributed by atoms with Crippen LogP contribution in [-0.4, -0.2) is 62.1 Å². The Morgan fingerprint density at radius 1 is 1.24 bits per heavy atom. The molecule has 1 saturated carbocycles. The summed E-state index contributed by atoms with van der Waals surface area (Å²) >= 11 is 0. The number of ether oxygens (including phenoxy) is 1. The van der Waals surface area contributed by atoms with Crippen molar-refractivity contribution in [1.82, 2.24) is 9.80 Å². The second-order valence-electron chi connectivity index (χ2n) is 5.55. The molecule has 1 heterocycles. The van der Waals surface area contributed by atoms with Gasteiger partial charge in [-0.25, -0.2) is 0 Å². The predicted octanol–water partition coefficient (Wildman–Crippen LogP) is 0.964. The van der Waals surface area contributed by atoms with E-state index in [0.29, 0.717) is 18.1 Å². The highest BCUT2D eigenvalue weighted by Crippen LogP contribution is 2.32. The molecule has 2 fully saturated rings. The molecule has 1 aliphatic heterocycles. The molecule has 1 saturated heterocycles. The molecule has 17 heavy (non-hydrogen) atoms. The van der Waals surface area contributed by atoms with Gasteiger partial charge >= 0.3 is 0 Å². The second-order valence-corrected chi connectivity index (χ2v) is 5.55. The summed E-state index contributed by atoms with van der Waals surface area (Å²) in [7, 11) is 5.97. The van der Waals surface area contributed by atoms with Gasteiger partial charge < -0.3 is 14.5 Å². The molecule has 0 aromatic carbocycles. The number of rotatable bonds is 3. The molecule has 0 N–H and O–H groups in total. The van der Waals surface area contributed by atoms with Crippen molar-refractivity contribution in [3.63, 3.8) is 0 Å². The van der Waals surface area contributed by atoms with Crippen LogP contribution < -0.4 is 0 Å². The van der Waals surface area contributed by atoms with Crippen molar-refractivity contribution in [2.75, 3.05) is 34.3 Å². The van der Waals surface area contributed by atoms with Crippen LogP contribution in [0.25, 0.3) is 0 Å². The van der Waals surface area contributed by atoms with Crippen LogP contribution >= 0.6 is 0 Å². The zero-order valence-electron chi connectivity index (χ0n) is 11.2. The minimum atomic E-state index is 0.232. The van der Waals surface area contributed by atoms with E-state index in [1.807, 2.05) is 0 Å². The van der Waals surface area contributed by atoms with Crippen LogP contribution in [0.2, 0.25) is 0 Å². The smallest absolute Gasteiger partial charge is 0.225 e. The van der Waals surface area contributed by atoms with Gasteiger partial charge in [-0.3, -0.25) is 4.79 Å². The molecule has 0 aromatic rings. The highest BCUT2D eigenvalue weighted by atomic mass is 16.5. The van der Waals surface area contributed by atoms with Crippen molar-refractivity contribution in [3.05, 3.63) is 0 Å². The second kappa shape index (κ2) is 5.36. The summed E-state index contributed by atoms with van der Waals surface area (Å²) in [6, 6.07) is 0.646. The largest absolute Gasteiger partial charge is 0.381 e. The molecular weight excluding hydrogens is 216 g/mol. The maximum absolute atomic E-state index is 12.2. The summed E-state index contributed by atoms with van der Waals surface area (Å²) in [4.78, 5) is 16.5. The lowest BCUT2D eigenvalue weighted by molar-refractivity contribution is -0.144. The predicted molar refractivity (Wildman–Crippen MR) is 66.8 cm³/mol. The maximum Gasteiger partial charge on any atom is 0.225 e. The van der Waals surface area contributed by atoms with Gasteiger partial charge in [0.25, 0.3) is 0 Å². The number of piperidine rings is 1. The first-order valence-corrected chi connectivity index (χ1v) is 6.59. The molecule has 2 rings (SSSR count). The average Bonchev–Trinajstić information content (AvgIpc) is 2.27. The van der Waals surface area contributed by atoms with Crippen molar-refractivity contribution in [3.8, 4) is 0 Å². The summed E-state index contributed by atoms with van der Waals surface area (Å²) in [5.74, 6) is 0.589. The molecule has 0 spiro atoms. The standard InChI is InChI=1S/C13H24N2O2/c1-14(2)11-4-6-15(7-5-11)13(16)10-8-12(9-10)17-3/h10-12H,4-9H2,1-3H3. The Morgan fingerprint density at radius 3 is 2.29 bits per heavy atom. The van der Waals surface area contributed by atoms with Crippen molar-refractivity contribution in [1.29, 1.82) is 0 Å². The fourth-order valence-corrected chi connectivity index (χ4v) is 2.82. The van der Waals surface area contributed by atoms with Gasteiger partial charge in [-0.1, -0.05) is 0 Å². The van der Waals surface area contributed by atoms with Crippen LogP contribution in [0.15, 0.2) is 0 Å². The number of likely N-dealkylation sites (tertiary alicyclic amines) is 1. The quantitative estimate of drug-likeness (QED) is 0.737. The van der Waals surface area contributed by atoms with E-state index in [2.05, 4.69) is 23.9 Å². The van der Waals surface area contributed by atoms with Crippen molar-refractivity contribution in [2.45, 2.75) is 37.8 Å². The van der Waals surface area contributed by atoms with Gasteiger partial charge in [0.2, 0.25) is 5.91 Å². The Labute approximate surface area is 104 Å². The van der Waals surface area contributed by atoms with Crippen LogP contribution in [0, 0.1) is 5.92 Å². The molecule has 0 atom stereocenters. The lowest BCUT2D eigenvalue weighted by Crippen LogP contribution is -2.49. The number of amides is 1. The molecule has 98 valence electrons. The molecule has 1 aliphatic carbocycles. The van der Waals surface area contributed by atoms with Crippen LogP contribution in [0.4, 0.5) is 0 Å². The summed E-state index contributed by atoms with van der Waals surface area (Å²) in [6.45, 7) is 1.85. The summed E-state index contributed by atoms with van der Waals surface area (Å²) in [5, 5.41) is 0. The number of hydrogen-bond donors (Lipinski definition) is 0. The van der Waals surface area contributed by atoms with E-state index < -0.39 is 0 Å². The van der Waals surface area contributed by atoms with E-state index in [1.54, 1.807) is 7.11 Å². The number of carbonyl (C=O) groups is 1. The Morgan fingerprint density at radius 2 is 1.82 bits per heavy atom.